The van der Waals surface area contributed by atoms with E-state index in [4.69, 9.17) is 4.74 Å². The van der Waals surface area contributed by atoms with Gasteiger partial charge in [0.15, 0.2) is 11.5 Å². The van der Waals surface area contributed by atoms with E-state index in [9.17, 15) is 13.6 Å². The summed E-state index contributed by atoms with van der Waals surface area (Å²) in [4.78, 5) is 12.1. The zero-order valence-electron chi connectivity index (χ0n) is 14.7. The van der Waals surface area contributed by atoms with Crippen LogP contribution in [0.2, 0.25) is 0 Å². The van der Waals surface area contributed by atoms with Gasteiger partial charge in [0.25, 0.3) is 0 Å². The molecule has 1 aromatic carbocycles. The molecule has 1 N–H and O–H groups in total. The maximum absolute atomic E-state index is 13.3. The van der Waals surface area contributed by atoms with Crippen molar-refractivity contribution < 1.29 is 27.8 Å². The lowest BCUT2D eigenvalue weighted by Gasteiger charge is -2.28. The van der Waals surface area contributed by atoms with Crippen molar-refractivity contribution in [2.75, 3.05) is 11.9 Å². The number of hydrogen-bond acceptors (Lipinski definition) is 4. The number of halogens is 2. The normalized spacial score (nSPS) is 20.8. The van der Waals surface area contributed by atoms with Crippen LogP contribution in [0.5, 0.6) is 11.5 Å². The van der Waals surface area contributed by atoms with E-state index >= 15 is 0 Å². The van der Waals surface area contributed by atoms with E-state index in [2.05, 4.69) is 28.3 Å². The van der Waals surface area contributed by atoms with Gasteiger partial charge in [-0.05, 0) is 30.5 Å². The molecule has 7 heteroatoms. The zero-order valence-corrected chi connectivity index (χ0v) is 14.7. The number of ether oxygens (including phenoxy) is 3. The number of nitrogens with one attached hydrogen (secondary N) is 1. The molecule has 1 aromatic rings. The first kappa shape index (κ1) is 18.2. The Hall–Kier alpha value is -2.57. The number of allylic oxidation sites excluding steroid dienone is 3. The summed E-state index contributed by atoms with van der Waals surface area (Å²) in [7, 11) is 0. The first-order valence-electron chi connectivity index (χ1n) is 8.54. The lowest BCUT2D eigenvalue weighted by molar-refractivity contribution is -0.286. The van der Waals surface area contributed by atoms with E-state index in [0.717, 1.165) is 18.4 Å². The SMILES string of the molecule is C=C/C(=C(\C)OCCCC)C1CC(=O)Nc2cc3c(cc21)OC(F)(F)O3. The number of anilines is 1. The van der Waals surface area contributed by atoms with Gasteiger partial charge < -0.3 is 19.5 Å². The van der Waals surface area contributed by atoms with Gasteiger partial charge in [0.05, 0.1) is 12.4 Å². The van der Waals surface area contributed by atoms with Crippen LogP contribution in [0, 0.1) is 0 Å². The first-order valence-corrected chi connectivity index (χ1v) is 8.54. The summed E-state index contributed by atoms with van der Waals surface area (Å²) in [5.74, 6) is -0.0606. The molecule has 1 unspecified atom stereocenters. The summed E-state index contributed by atoms with van der Waals surface area (Å²) in [5, 5.41) is 2.70. The van der Waals surface area contributed by atoms with Gasteiger partial charge in [-0.1, -0.05) is 26.0 Å². The number of benzene rings is 1. The molecule has 0 radical (unpaired) electrons. The summed E-state index contributed by atoms with van der Waals surface area (Å²) < 4.78 is 41.5. The topological polar surface area (TPSA) is 56.8 Å². The number of fused-ring (bicyclic) bond motifs is 2. The smallest absolute Gasteiger partial charge is 0.498 e. The molecule has 2 aliphatic rings. The van der Waals surface area contributed by atoms with Gasteiger partial charge in [0.2, 0.25) is 5.91 Å². The maximum atomic E-state index is 13.3. The second-order valence-corrected chi connectivity index (χ2v) is 6.28. The van der Waals surface area contributed by atoms with E-state index in [-0.39, 0.29) is 29.7 Å². The van der Waals surface area contributed by atoms with Crippen molar-refractivity contribution >= 4 is 11.6 Å². The fourth-order valence-corrected chi connectivity index (χ4v) is 3.17. The van der Waals surface area contributed by atoms with Crippen molar-refractivity contribution in [2.45, 2.75) is 45.3 Å². The highest BCUT2D eigenvalue weighted by Crippen LogP contribution is 2.48. The van der Waals surface area contributed by atoms with Crippen molar-refractivity contribution in [3.05, 3.63) is 41.7 Å². The number of amides is 1. The molecule has 0 bridgehead atoms. The van der Waals surface area contributed by atoms with Crippen LogP contribution in [0.1, 0.15) is 44.6 Å². The van der Waals surface area contributed by atoms with E-state index in [0.29, 0.717) is 23.6 Å². The molecule has 0 fully saturated rings. The second-order valence-electron chi connectivity index (χ2n) is 6.28. The minimum absolute atomic E-state index is 0.0529. The lowest BCUT2D eigenvalue weighted by Crippen LogP contribution is -2.25. The van der Waals surface area contributed by atoms with Crippen molar-refractivity contribution in [1.82, 2.24) is 0 Å². The standard InChI is InChI=1S/C19H21F2NO4/c1-4-6-7-24-11(3)12(5-2)13-9-18(23)22-15-10-17-16(8-14(13)15)25-19(20,21)26-17/h5,8,10,13H,2,4,6-7,9H2,1,3H3,(H,22,23)/b12-11-. The van der Waals surface area contributed by atoms with Crippen molar-refractivity contribution in [1.29, 1.82) is 0 Å². The van der Waals surface area contributed by atoms with Gasteiger partial charge in [-0.25, -0.2) is 0 Å². The Labute approximate surface area is 150 Å². The van der Waals surface area contributed by atoms with Gasteiger partial charge in [0, 0.05) is 24.1 Å². The Morgan fingerprint density at radius 3 is 2.77 bits per heavy atom. The van der Waals surface area contributed by atoms with E-state index in [1.807, 2.05) is 6.92 Å². The van der Waals surface area contributed by atoms with Gasteiger partial charge in [-0.3, -0.25) is 4.79 Å². The Kier molecular flexibility index (Phi) is 4.89. The molecular weight excluding hydrogens is 344 g/mol. The number of alkyl halides is 2. The number of rotatable bonds is 6. The van der Waals surface area contributed by atoms with Crippen LogP contribution in [-0.2, 0) is 9.53 Å². The Bertz CT molecular complexity index is 773. The maximum Gasteiger partial charge on any atom is 0.586 e. The summed E-state index contributed by atoms with van der Waals surface area (Å²) >= 11 is 0. The molecule has 0 saturated heterocycles. The number of unbranched alkanes of at least 4 members (excludes halogenated alkanes) is 1. The average Bonchev–Trinajstić information content (AvgIpc) is 2.86. The molecule has 2 heterocycles. The van der Waals surface area contributed by atoms with Crippen molar-refractivity contribution in [2.24, 2.45) is 0 Å². The van der Waals surface area contributed by atoms with Crippen molar-refractivity contribution in [3.63, 3.8) is 0 Å². The predicted molar refractivity (Wildman–Crippen MR) is 92.4 cm³/mol. The minimum atomic E-state index is -3.71. The molecule has 2 aliphatic heterocycles. The molecule has 3 rings (SSSR count). The molecule has 26 heavy (non-hydrogen) atoms. The molecule has 140 valence electrons. The summed E-state index contributed by atoms with van der Waals surface area (Å²) in [6, 6.07) is 2.85. The van der Waals surface area contributed by atoms with Crippen LogP contribution in [0.25, 0.3) is 0 Å². The molecule has 5 nitrogen and oxygen atoms in total. The molecule has 0 aromatic heterocycles. The highest BCUT2D eigenvalue weighted by molar-refractivity contribution is 5.96. The van der Waals surface area contributed by atoms with Gasteiger partial charge >= 0.3 is 6.29 Å². The molecule has 1 amide bonds. The third-order valence-corrected chi connectivity index (χ3v) is 4.43. The average molecular weight is 365 g/mol. The van der Waals surface area contributed by atoms with Crippen LogP contribution in [0.15, 0.2) is 36.1 Å². The third kappa shape index (κ3) is 3.52. The zero-order chi connectivity index (χ0) is 18.9. The van der Waals surface area contributed by atoms with Gasteiger partial charge in [-0.15, -0.1) is 8.78 Å². The largest absolute Gasteiger partial charge is 0.586 e. The monoisotopic (exact) mass is 365 g/mol. The Morgan fingerprint density at radius 2 is 2.12 bits per heavy atom. The number of carbonyl (C=O) groups is 1. The minimum Gasteiger partial charge on any atom is -0.498 e. The van der Waals surface area contributed by atoms with Gasteiger partial charge in [-0.2, -0.15) is 0 Å². The summed E-state index contributed by atoms with van der Waals surface area (Å²) in [6.45, 7) is 8.29. The second kappa shape index (κ2) is 6.97. The fraction of sp³-hybridized carbons (Fsp3) is 0.421. The van der Waals surface area contributed by atoms with E-state index in [1.165, 1.54) is 12.1 Å². The van der Waals surface area contributed by atoms with Crippen LogP contribution in [-0.4, -0.2) is 18.8 Å². The fourth-order valence-electron chi connectivity index (χ4n) is 3.17. The molecule has 0 saturated carbocycles. The van der Waals surface area contributed by atoms with Crippen LogP contribution < -0.4 is 14.8 Å². The van der Waals surface area contributed by atoms with Crippen LogP contribution >= 0.6 is 0 Å². The molecule has 0 spiro atoms. The Balaban J connectivity index is 1.99. The van der Waals surface area contributed by atoms with Crippen LogP contribution in [0.4, 0.5) is 14.5 Å². The van der Waals surface area contributed by atoms with Crippen LogP contribution in [0.3, 0.4) is 0 Å². The van der Waals surface area contributed by atoms with E-state index in [1.54, 1.807) is 6.08 Å². The highest BCUT2D eigenvalue weighted by Gasteiger charge is 2.44. The third-order valence-electron chi connectivity index (χ3n) is 4.43. The molecular formula is C19H21F2NO4. The number of carbonyl (C=O) groups excluding carboxylic acids is 1. The highest BCUT2D eigenvalue weighted by atomic mass is 19.3. The summed E-state index contributed by atoms with van der Waals surface area (Å²) in [6.07, 6.45) is 0.0226. The molecule has 0 aliphatic carbocycles. The first-order chi connectivity index (χ1) is 12.3. The number of hydrogen-bond donors (Lipinski definition) is 1. The quantitative estimate of drug-likeness (QED) is 0.451. The van der Waals surface area contributed by atoms with E-state index < -0.39 is 6.29 Å². The van der Waals surface area contributed by atoms with Gasteiger partial charge in [0.1, 0.15) is 0 Å². The summed E-state index contributed by atoms with van der Waals surface area (Å²) in [5.41, 5.74) is 1.84. The Morgan fingerprint density at radius 1 is 1.42 bits per heavy atom. The van der Waals surface area contributed by atoms with Crippen molar-refractivity contribution in [3.8, 4) is 11.5 Å². The molecule has 1 atom stereocenters. The predicted octanol–water partition coefficient (Wildman–Crippen LogP) is 4.71. The lowest BCUT2D eigenvalue weighted by atomic mass is 9.83.